The van der Waals surface area contributed by atoms with Crippen LogP contribution in [-0.2, 0) is 4.79 Å². The molecule has 1 unspecified atom stereocenters. The maximum atomic E-state index is 11.1. The molecule has 0 aromatic rings. The highest BCUT2D eigenvalue weighted by Crippen LogP contribution is 2.56. The zero-order chi connectivity index (χ0) is 13.0. The van der Waals surface area contributed by atoms with E-state index in [9.17, 15) is 4.79 Å². The van der Waals surface area contributed by atoms with Crippen molar-refractivity contribution < 1.29 is 9.90 Å². The number of likely N-dealkylation sites (tertiary alicyclic amines) is 1. The highest BCUT2D eigenvalue weighted by molar-refractivity contribution is 5.70. The van der Waals surface area contributed by atoms with Crippen LogP contribution in [0, 0.1) is 35.5 Å². The molecule has 5 fully saturated rings. The fourth-order valence-electron chi connectivity index (χ4n) is 5.83. The van der Waals surface area contributed by atoms with Gasteiger partial charge in [0.1, 0.15) is 0 Å². The van der Waals surface area contributed by atoms with Crippen molar-refractivity contribution >= 4 is 5.97 Å². The van der Waals surface area contributed by atoms with Gasteiger partial charge in [0.2, 0.25) is 0 Å². The van der Waals surface area contributed by atoms with E-state index >= 15 is 0 Å². The molecule has 19 heavy (non-hydrogen) atoms. The molecular formula is C16H25NO2. The minimum Gasteiger partial charge on any atom is -0.481 e. The van der Waals surface area contributed by atoms with Gasteiger partial charge in [0.25, 0.3) is 0 Å². The van der Waals surface area contributed by atoms with Crippen molar-refractivity contribution in [2.24, 2.45) is 35.5 Å². The van der Waals surface area contributed by atoms with Crippen molar-refractivity contribution in [2.75, 3.05) is 19.6 Å². The van der Waals surface area contributed by atoms with Crippen LogP contribution in [0.1, 0.15) is 38.5 Å². The van der Waals surface area contributed by atoms with E-state index in [1.54, 1.807) is 0 Å². The first-order chi connectivity index (χ1) is 9.19. The number of nitrogens with zero attached hydrogens (tertiary/aromatic N) is 1. The first-order valence-corrected chi connectivity index (χ1v) is 8.14. The number of aliphatic carboxylic acids is 1. The summed E-state index contributed by atoms with van der Waals surface area (Å²) in [5.74, 6) is 4.23. The third-order valence-electron chi connectivity index (χ3n) is 6.51. The number of carbonyl (C=O) groups is 1. The van der Waals surface area contributed by atoms with Crippen molar-refractivity contribution in [3.63, 3.8) is 0 Å². The number of carboxylic acid groups (broad SMARTS) is 1. The van der Waals surface area contributed by atoms with Crippen molar-refractivity contribution in [3.05, 3.63) is 0 Å². The predicted octanol–water partition coefficient (Wildman–Crippen LogP) is 2.47. The summed E-state index contributed by atoms with van der Waals surface area (Å²) in [6, 6.07) is 0. The summed E-state index contributed by atoms with van der Waals surface area (Å²) < 4.78 is 0. The second-order valence-electron chi connectivity index (χ2n) is 7.68. The summed E-state index contributed by atoms with van der Waals surface area (Å²) >= 11 is 0. The van der Waals surface area contributed by atoms with Crippen molar-refractivity contribution in [1.29, 1.82) is 0 Å². The van der Waals surface area contributed by atoms with Crippen LogP contribution in [0.15, 0.2) is 0 Å². The largest absolute Gasteiger partial charge is 0.481 e. The van der Waals surface area contributed by atoms with Crippen LogP contribution >= 0.6 is 0 Å². The molecule has 1 saturated heterocycles. The molecule has 0 spiro atoms. The monoisotopic (exact) mass is 263 g/mol. The molecular weight excluding hydrogens is 238 g/mol. The van der Waals surface area contributed by atoms with E-state index in [4.69, 9.17) is 5.11 Å². The fourth-order valence-corrected chi connectivity index (χ4v) is 5.83. The van der Waals surface area contributed by atoms with E-state index in [0.717, 1.165) is 49.1 Å². The minimum absolute atomic E-state index is 0.100. The number of carboxylic acids is 1. The van der Waals surface area contributed by atoms with Crippen LogP contribution in [0.3, 0.4) is 0 Å². The van der Waals surface area contributed by atoms with E-state index < -0.39 is 5.97 Å². The predicted molar refractivity (Wildman–Crippen MR) is 72.7 cm³/mol. The molecule has 3 heteroatoms. The van der Waals surface area contributed by atoms with Gasteiger partial charge in [0.15, 0.2) is 0 Å². The van der Waals surface area contributed by atoms with Gasteiger partial charge in [-0.15, -0.1) is 0 Å². The lowest BCUT2D eigenvalue weighted by Crippen LogP contribution is -2.48. The standard InChI is InChI=1S/C16H25NO2/c18-16(19)12-1-2-17(8-12)9-15-13-4-10-3-11(6-13)7-14(15)5-10/h10-15H,1-9H2,(H,18,19). The molecule has 1 N–H and O–H groups in total. The summed E-state index contributed by atoms with van der Waals surface area (Å²) in [5.41, 5.74) is 0. The van der Waals surface area contributed by atoms with Gasteiger partial charge in [-0.1, -0.05) is 0 Å². The molecule has 3 nitrogen and oxygen atoms in total. The van der Waals surface area contributed by atoms with Crippen LogP contribution in [0.4, 0.5) is 0 Å². The minimum atomic E-state index is -0.590. The van der Waals surface area contributed by atoms with Crippen LogP contribution in [0.25, 0.3) is 0 Å². The molecule has 0 aromatic carbocycles. The third kappa shape index (κ3) is 2.10. The maximum absolute atomic E-state index is 11.1. The molecule has 1 heterocycles. The molecule has 4 aliphatic carbocycles. The first-order valence-electron chi connectivity index (χ1n) is 8.14. The number of hydrogen-bond donors (Lipinski definition) is 1. The normalized spacial score (nSPS) is 48.8. The van der Waals surface area contributed by atoms with Crippen molar-refractivity contribution in [3.8, 4) is 0 Å². The number of hydrogen-bond acceptors (Lipinski definition) is 2. The Kier molecular flexibility index (Phi) is 2.87. The molecule has 1 atom stereocenters. The van der Waals surface area contributed by atoms with Gasteiger partial charge in [0, 0.05) is 13.1 Å². The Morgan fingerprint density at radius 2 is 1.68 bits per heavy atom. The summed E-state index contributed by atoms with van der Waals surface area (Å²) in [7, 11) is 0. The van der Waals surface area contributed by atoms with Gasteiger partial charge in [-0.3, -0.25) is 4.79 Å². The Labute approximate surface area is 115 Å². The summed E-state index contributed by atoms with van der Waals surface area (Å²) in [6.45, 7) is 3.01. The Bertz CT molecular complexity index is 353. The summed E-state index contributed by atoms with van der Waals surface area (Å²) in [5, 5.41) is 9.11. The van der Waals surface area contributed by atoms with Crippen LogP contribution in [-0.4, -0.2) is 35.6 Å². The zero-order valence-corrected chi connectivity index (χ0v) is 11.6. The average Bonchev–Trinajstić information content (AvgIpc) is 2.81. The Balaban J connectivity index is 1.40. The quantitative estimate of drug-likeness (QED) is 0.850. The van der Waals surface area contributed by atoms with Gasteiger partial charge >= 0.3 is 5.97 Å². The zero-order valence-electron chi connectivity index (χ0n) is 11.6. The molecule has 4 saturated carbocycles. The molecule has 0 radical (unpaired) electrons. The Hall–Kier alpha value is -0.570. The molecule has 5 aliphatic rings. The second-order valence-corrected chi connectivity index (χ2v) is 7.68. The average molecular weight is 263 g/mol. The van der Waals surface area contributed by atoms with E-state index in [1.165, 1.54) is 38.6 Å². The third-order valence-corrected chi connectivity index (χ3v) is 6.51. The molecule has 1 aliphatic heterocycles. The van der Waals surface area contributed by atoms with Crippen LogP contribution in [0.2, 0.25) is 0 Å². The van der Waals surface area contributed by atoms with E-state index in [-0.39, 0.29) is 5.92 Å². The van der Waals surface area contributed by atoms with Gasteiger partial charge < -0.3 is 10.0 Å². The summed E-state index contributed by atoms with van der Waals surface area (Å²) in [4.78, 5) is 13.5. The van der Waals surface area contributed by atoms with Gasteiger partial charge in [-0.2, -0.15) is 0 Å². The molecule has 106 valence electrons. The lowest BCUT2D eigenvalue weighted by molar-refractivity contribution is -0.141. The molecule has 5 rings (SSSR count). The highest BCUT2D eigenvalue weighted by Gasteiger charge is 2.48. The molecule has 4 bridgehead atoms. The number of rotatable bonds is 3. The van der Waals surface area contributed by atoms with Crippen molar-refractivity contribution in [1.82, 2.24) is 4.90 Å². The van der Waals surface area contributed by atoms with E-state index in [2.05, 4.69) is 4.90 Å². The lowest BCUT2D eigenvalue weighted by atomic mass is 9.52. The topological polar surface area (TPSA) is 40.5 Å². The lowest BCUT2D eigenvalue weighted by Gasteiger charge is -2.55. The SMILES string of the molecule is O=C(O)C1CCN(CC2C3CC4CC(C3)CC2C4)C1. The maximum Gasteiger partial charge on any atom is 0.307 e. The smallest absolute Gasteiger partial charge is 0.307 e. The first kappa shape index (κ1) is 12.2. The van der Waals surface area contributed by atoms with Crippen LogP contribution in [0.5, 0.6) is 0 Å². The summed E-state index contributed by atoms with van der Waals surface area (Å²) in [6.07, 6.45) is 8.30. The fraction of sp³-hybridized carbons (Fsp3) is 0.938. The molecule has 0 aromatic heterocycles. The van der Waals surface area contributed by atoms with Gasteiger partial charge in [-0.25, -0.2) is 0 Å². The van der Waals surface area contributed by atoms with Crippen molar-refractivity contribution in [2.45, 2.75) is 38.5 Å². The molecule has 0 amide bonds. The van der Waals surface area contributed by atoms with Crippen LogP contribution < -0.4 is 0 Å². The van der Waals surface area contributed by atoms with E-state index in [0.29, 0.717) is 0 Å². The Morgan fingerprint density at radius 1 is 1.05 bits per heavy atom. The second kappa shape index (κ2) is 4.47. The van der Waals surface area contributed by atoms with Gasteiger partial charge in [0.05, 0.1) is 5.92 Å². The highest BCUT2D eigenvalue weighted by atomic mass is 16.4. The van der Waals surface area contributed by atoms with E-state index in [1.807, 2.05) is 0 Å². The van der Waals surface area contributed by atoms with Gasteiger partial charge in [-0.05, 0) is 74.7 Å². The Morgan fingerprint density at radius 3 is 2.21 bits per heavy atom.